The van der Waals surface area contributed by atoms with Gasteiger partial charge in [-0.15, -0.1) is 0 Å². The molecule has 1 heterocycles. The molecule has 1 unspecified atom stereocenters. The van der Waals surface area contributed by atoms with Gasteiger partial charge in [-0.2, -0.15) is 0 Å². The van der Waals surface area contributed by atoms with E-state index >= 15 is 0 Å². The van der Waals surface area contributed by atoms with Gasteiger partial charge in [-0.05, 0) is 50.9 Å². The van der Waals surface area contributed by atoms with E-state index in [0.717, 1.165) is 18.2 Å². The fraction of sp³-hybridized carbons (Fsp3) is 0.923. The van der Waals surface area contributed by atoms with Crippen molar-refractivity contribution in [2.75, 3.05) is 0 Å². The van der Waals surface area contributed by atoms with Crippen molar-refractivity contribution in [1.82, 2.24) is 5.32 Å². The Morgan fingerprint density at radius 1 is 1.12 bits per heavy atom. The quantitative estimate of drug-likeness (QED) is 0.673. The first-order valence-electron chi connectivity index (χ1n) is 6.83. The molecule has 1 aliphatic heterocycles. The van der Waals surface area contributed by atoms with Crippen molar-refractivity contribution in [3.8, 4) is 0 Å². The highest BCUT2D eigenvalue weighted by atomic mass is 15.0. The second kappa shape index (κ2) is 5.67. The maximum Gasteiger partial charge on any atom is 0.0933 e. The summed E-state index contributed by atoms with van der Waals surface area (Å²) in [5.41, 5.74) is 5.93. The van der Waals surface area contributed by atoms with Crippen LogP contribution in [0.2, 0.25) is 0 Å². The molecule has 1 aliphatic carbocycles. The molecule has 0 aromatic carbocycles. The Labute approximate surface area is 98.7 Å². The van der Waals surface area contributed by atoms with Crippen LogP contribution in [0.5, 0.6) is 0 Å². The lowest BCUT2D eigenvalue weighted by Crippen LogP contribution is -2.35. The van der Waals surface area contributed by atoms with Crippen LogP contribution in [-0.2, 0) is 0 Å². The Balaban J connectivity index is 1.77. The van der Waals surface area contributed by atoms with Crippen LogP contribution in [0.4, 0.5) is 0 Å². The summed E-state index contributed by atoms with van der Waals surface area (Å²) in [5.74, 6) is 1.61. The van der Waals surface area contributed by atoms with Crippen LogP contribution in [0.3, 0.4) is 0 Å². The van der Waals surface area contributed by atoms with Gasteiger partial charge < -0.3 is 11.1 Å². The maximum absolute atomic E-state index is 7.78. The minimum absolute atomic E-state index is 0.455. The summed E-state index contributed by atoms with van der Waals surface area (Å²) in [5, 5.41) is 11.2. The van der Waals surface area contributed by atoms with E-state index in [1.165, 1.54) is 51.4 Å². The zero-order valence-corrected chi connectivity index (χ0v) is 10.2. The van der Waals surface area contributed by atoms with Gasteiger partial charge >= 0.3 is 0 Å². The predicted octanol–water partition coefficient (Wildman–Crippen LogP) is 2.40. The van der Waals surface area contributed by atoms with Gasteiger partial charge in [-0.25, -0.2) is 0 Å². The van der Waals surface area contributed by atoms with E-state index in [1.54, 1.807) is 0 Å². The van der Waals surface area contributed by atoms with Gasteiger partial charge in [-0.1, -0.05) is 6.42 Å². The second-order valence-corrected chi connectivity index (χ2v) is 5.58. The summed E-state index contributed by atoms with van der Waals surface area (Å²) < 4.78 is 0. The third-order valence-corrected chi connectivity index (χ3v) is 4.12. The van der Waals surface area contributed by atoms with E-state index < -0.39 is 0 Å². The van der Waals surface area contributed by atoms with E-state index in [9.17, 15) is 0 Å². The number of rotatable bonds is 2. The van der Waals surface area contributed by atoms with E-state index in [2.05, 4.69) is 5.32 Å². The topological polar surface area (TPSA) is 61.9 Å². The van der Waals surface area contributed by atoms with Gasteiger partial charge in [0, 0.05) is 18.5 Å². The number of hydrogen-bond acceptors (Lipinski definition) is 2. The summed E-state index contributed by atoms with van der Waals surface area (Å²) in [7, 11) is 0. The maximum atomic E-state index is 7.78. The van der Waals surface area contributed by atoms with Crippen molar-refractivity contribution in [2.24, 2.45) is 11.7 Å². The molecule has 1 saturated carbocycles. The average Bonchev–Trinajstić information content (AvgIpc) is 2.46. The third kappa shape index (κ3) is 3.48. The summed E-state index contributed by atoms with van der Waals surface area (Å²) in [4.78, 5) is 0. The van der Waals surface area contributed by atoms with Crippen LogP contribution in [-0.4, -0.2) is 17.9 Å². The SMILES string of the molecule is N=C1CCCCC(CC2CCC(N)CC2)N1. The fourth-order valence-corrected chi connectivity index (χ4v) is 3.09. The van der Waals surface area contributed by atoms with Crippen LogP contribution >= 0.6 is 0 Å². The molecule has 16 heavy (non-hydrogen) atoms. The lowest BCUT2D eigenvalue weighted by atomic mass is 9.82. The van der Waals surface area contributed by atoms with Crippen LogP contribution < -0.4 is 11.1 Å². The van der Waals surface area contributed by atoms with Crippen molar-refractivity contribution in [3.05, 3.63) is 0 Å². The normalized spacial score (nSPS) is 36.6. The third-order valence-electron chi connectivity index (χ3n) is 4.12. The molecule has 0 spiro atoms. The van der Waals surface area contributed by atoms with Crippen molar-refractivity contribution in [3.63, 3.8) is 0 Å². The van der Waals surface area contributed by atoms with Crippen molar-refractivity contribution < 1.29 is 0 Å². The molecule has 0 bridgehead atoms. The highest BCUT2D eigenvalue weighted by Gasteiger charge is 2.23. The highest BCUT2D eigenvalue weighted by Crippen LogP contribution is 2.28. The second-order valence-electron chi connectivity index (χ2n) is 5.58. The summed E-state index contributed by atoms with van der Waals surface area (Å²) in [6.45, 7) is 0. The van der Waals surface area contributed by atoms with Gasteiger partial charge in [0.05, 0.1) is 5.84 Å². The first-order chi connectivity index (χ1) is 7.74. The van der Waals surface area contributed by atoms with Gasteiger partial charge in [-0.3, -0.25) is 5.41 Å². The Morgan fingerprint density at radius 3 is 2.62 bits per heavy atom. The van der Waals surface area contributed by atoms with Crippen molar-refractivity contribution in [2.45, 2.75) is 69.9 Å². The first kappa shape index (κ1) is 11.9. The molecule has 3 heteroatoms. The molecule has 3 nitrogen and oxygen atoms in total. The Hall–Kier alpha value is -0.570. The molecule has 1 atom stereocenters. The zero-order valence-electron chi connectivity index (χ0n) is 10.2. The standard InChI is InChI=1S/C13H25N3/c14-11-7-5-10(6-8-11)9-12-3-1-2-4-13(15)16-12/h10-12H,1-9,14H2,(H2,15,16). The van der Waals surface area contributed by atoms with E-state index in [0.29, 0.717) is 12.1 Å². The molecular weight excluding hydrogens is 198 g/mol. The van der Waals surface area contributed by atoms with Gasteiger partial charge in [0.15, 0.2) is 0 Å². The van der Waals surface area contributed by atoms with Gasteiger partial charge in [0.1, 0.15) is 0 Å². The fourth-order valence-electron chi connectivity index (χ4n) is 3.09. The molecule has 2 rings (SSSR count). The molecule has 0 aromatic heterocycles. The average molecular weight is 223 g/mol. The molecular formula is C13H25N3. The largest absolute Gasteiger partial charge is 0.371 e. The van der Waals surface area contributed by atoms with Crippen LogP contribution in [0.15, 0.2) is 0 Å². The Kier molecular flexibility index (Phi) is 4.22. The monoisotopic (exact) mass is 223 g/mol. The lowest BCUT2D eigenvalue weighted by molar-refractivity contribution is 0.283. The molecule has 2 aliphatic rings. The molecule has 0 radical (unpaired) electrons. The van der Waals surface area contributed by atoms with E-state index in [1.807, 2.05) is 0 Å². The zero-order chi connectivity index (χ0) is 11.4. The molecule has 2 fully saturated rings. The molecule has 92 valence electrons. The lowest BCUT2D eigenvalue weighted by Gasteiger charge is -2.29. The summed E-state index contributed by atoms with van der Waals surface area (Å²) in [6, 6.07) is 1.02. The van der Waals surface area contributed by atoms with Crippen molar-refractivity contribution >= 4 is 5.84 Å². The predicted molar refractivity (Wildman–Crippen MR) is 67.7 cm³/mol. The highest BCUT2D eigenvalue weighted by molar-refractivity contribution is 5.79. The van der Waals surface area contributed by atoms with Gasteiger partial charge in [0.25, 0.3) is 0 Å². The minimum atomic E-state index is 0.455. The molecule has 0 amide bonds. The number of amidine groups is 1. The van der Waals surface area contributed by atoms with Crippen LogP contribution in [0.25, 0.3) is 0 Å². The summed E-state index contributed by atoms with van der Waals surface area (Å²) >= 11 is 0. The smallest absolute Gasteiger partial charge is 0.0933 e. The first-order valence-corrected chi connectivity index (χ1v) is 6.83. The van der Waals surface area contributed by atoms with Gasteiger partial charge in [0.2, 0.25) is 0 Å². The Bertz CT molecular complexity index is 231. The van der Waals surface area contributed by atoms with E-state index in [-0.39, 0.29) is 0 Å². The van der Waals surface area contributed by atoms with E-state index in [4.69, 9.17) is 11.1 Å². The number of hydrogen-bond donors (Lipinski definition) is 3. The van der Waals surface area contributed by atoms with Crippen molar-refractivity contribution in [1.29, 1.82) is 5.41 Å². The summed E-state index contributed by atoms with van der Waals surface area (Å²) in [6.07, 6.45) is 10.9. The van der Waals surface area contributed by atoms with Crippen LogP contribution in [0, 0.1) is 11.3 Å². The van der Waals surface area contributed by atoms with Crippen LogP contribution in [0.1, 0.15) is 57.8 Å². The minimum Gasteiger partial charge on any atom is -0.371 e. The molecule has 0 aromatic rings. The number of nitrogens with two attached hydrogens (primary N) is 1. The number of nitrogens with one attached hydrogen (secondary N) is 2. The molecule has 4 N–H and O–H groups in total. The Morgan fingerprint density at radius 2 is 1.88 bits per heavy atom. The molecule has 1 saturated heterocycles.